The molecule has 1 aromatic rings. The van der Waals surface area contributed by atoms with Gasteiger partial charge < -0.3 is 10.1 Å². The van der Waals surface area contributed by atoms with Crippen LogP contribution in [0.25, 0.3) is 0 Å². The van der Waals surface area contributed by atoms with Gasteiger partial charge in [0, 0.05) is 5.54 Å². The van der Waals surface area contributed by atoms with E-state index in [1.165, 1.54) is 11.1 Å². The zero-order valence-electron chi connectivity index (χ0n) is 12.5. The topological polar surface area (TPSA) is 21.3 Å². The number of nitrogens with one attached hydrogen (secondary N) is 1. The molecule has 0 amide bonds. The van der Waals surface area contributed by atoms with Crippen molar-refractivity contribution in [3.8, 4) is 5.75 Å². The highest BCUT2D eigenvalue weighted by atomic mass is 16.5. The number of unbranched alkanes of at least 4 members (excludes halogenated alkanes) is 1. The first kappa shape index (κ1) is 15.0. The summed E-state index contributed by atoms with van der Waals surface area (Å²) in [7, 11) is 0. The van der Waals surface area contributed by atoms with E-state index in [9.17, 15) is 0 Å². The van der Waals surface area contributed by atoms with Crippen LogP contribution in [0.15, 0.2) is 18.2 Å². The van der Waals surface area contributed by atoms with Gasteiger partial charge in [-0.25, -0.2) is 0 Å². The van der Waals surface area contributed by atoms with E-state index in [-0.39, 0.29) is 5.54 Å². The molecule has 1 aromatic carbocycles. The van der Waals surface area contributed by atoms with E-state index < -0.39 is 0 Å². The van der Waals surface area contributed by atoms with Crippen LogP contribution in [0.4, 0.5) is 0 Å². The summed E-state index contributed by atoms with van der Waals surface area (Å²) in [4.78, 5) is 0. The van der Waals surface area contributed by atoms with Crippen LogP contribution in [0.2, 0.25) is 0 Å². The first-order valence-electron chi connectivity index (χ1n) is 6.83. The molecule has 102 valence electrons. The number of rotatable bonds is 6. The minimum atomic E-state index is 0.217. The summed E-state index contributed by atoms with van der Waals surface area (Å²) < 4.78 is 5.75. The Balaban J connectivity index is 2.16. The van der Waals surface area contributed by atoms with Gasteiger partial charge in [0.05, 0.1) is 6.61 Å². The van der Waals surface area contributed by atoms with Gasteiger partial charge in [0.15, 0.2) is 0 Å². The molecule has 0 aromatic heterocycles. The SMILES string of the molecule is Cc1ccc(OCCCCNC(C)(C)C)cc1C. The third-order valence-electron chi connectivity index (χ3n) is 2.97. The lowest BCUT2D eigenvalue weighted by Crippen LogP contribution is -2.36. The molecule has 0 radical (unpaired) electrons. The predicted octanol–water partition coefficient (Wildman–Crippen LogP) is 3.85. The van der Waals surface area contributed by atoms with Crippen molar-refractivity contribution < 1.29 is 4.74 Å². The van der Waals surface area contributed by atoms with Gasteiger partial charge in [-0.1, -0.05) is 6.07 Å². The Morgan fingerprint density at radius 3 is 2.39 bits per heavy atom. The predicted molar refractivity (Wildman–Crippen MR) is 78.4 cm³/mol. The van der Waals surface area contributed by atoms with Crippen molar-refractivity contribution in [2.75, 3.05) is 13.2 Å². The summed E-state index contributed by atoms with van der Waals surface area (Å²) in [5.41, 5.74) is 2.83. The Kier molecular flexibility index (Phi) is 5.67. The van der Waals surface area contributed by atoms with Crippen LogP contribution in [-0.2, 0) is 0 Å². The lowest BCUT2D eigenvalue weighted by molar-refractivity contribution is 0.301. The van der Waals surface area contributed by atoms with Crippen molar-refractivity contribution in [2.24, 2.45) is 0 Å². The molecule has 0 saturated heterocycles. The van der Waals surface area contributed by atoms with Gasteiger partial charge in [-0.15, -0.1) is 0 Å². The maximum absolute atomic E-state index is 5.75. The second-order valence-corrected chi connectivity index (χ2v) is 5.98. The van der Waals surface area contributed by atoms with Crippen LogP contribution in [0.3, 0.4) is 0 Å². The molecule has 0 spiro atoms. The van der Waals surface area contributed by atoms with Gasteiger partial charge >= 0.3 is 0 Å². The van der Waals surface area contributed by atoms with E-state index in [1.807, 2.05) is 0 Å². The smallest absolute Gasteiger partial charge is 0.119 e. The number of ether oxygens (including phenoxy) is 1. The lowest BCUT2D eigenvalue weighted by Gasteiger charge is -2.20. The summed E-state index contributed by atoms with van der Waals surface area (Å²) in [6.07, 6.45) is 2.25. The highest BCUT2D eigenvalue weighted by Gasteiger charge is 2.06. The normalized spacial score (nSPS) is 11.6. The maximum Gasteiger partial charge on any atom is 0.119 e. The van der Waals surface area contributed by atoms with Crippen LogP contribution < -0.4 is 10.1 Å². The second kappa shape index (κ2) is 6.79. The number of benzene rings is 1. The number of aryl methyl sites for hydroxylation is 2. The number of hydrogen-bond acceptors (Lipinski definition) is 2. The maximum atomic E-state index is 5.75. The molecule has 2 heteroatoms. The average Bonchev–Trinajstić information content (AvgIpc) is 2.26. The third kappa shape index (κ3) is 6.06. The van der Waals surface area contributed by atoms with Crippen LogP contribution in [-0.4, -0.2) is 18.7 Å². The standard InChI is InChI=1S/C16H27NO/c1-13-8-9-15(12-14(13)2)18-11-7-6-10-17-16(3,4)5/h8-9,12,17H,6-7,10-11H2,1-5H3. The molecular formula is C16H27NO. The molecular weight excluding hydrogens is 222 g/mol. The molecule has 0 bridgehead atoms. The Labute approximate surface area is 112 Å². The largest absolute Gasteiger partial charge is 0.494 e. The molecule has 1 N–H and O–H groups in total. The fraction of sp³-hybridized carbons (Fsp3) is 0.625. The fourth-order valence-corrected chi connectivity index (χ4v) is 1.68. The summed E-state index contributed by atoms with van der Waals surface area (Å²) in [6, 6.07) is 6.28. The molecule has 0 fully saturated rings. The lowest BCUT2D eigenvalue weighted by atomic mass is 10.1. The zero-order valence-corrected chi connectivity index (χ0v) is 12.5. The van der Waals surface area contributed by atoms with Crippen LogP contribution >= 0.6 is 0 Å². The molecule has 0 aliphatic rings. The fourth-order valence-electron chi connectivity index (χ4n) is 1.68. The molecule has 1 rings (SSSR count). The second-order valence-electron chi connectivity index (χ2n) is 5.98. The van der Waals surface area contributed by atoms with E-state index >= 15 is 0 Å². The van der Waals surface area contributed by atoms with Crippen LogP contribution in [0, 0.1) is 13.8 Å². The first-order chi connectivity index (χ1) is 8.38. The van der Waals surface area contributed by atoms with E-state index in [1.54, 1.807) is 0 Å². The molecule has 18 heavy (non-hydrogen) atoms. The Hall–Kier alpha value is -1.02. The van der Waals surface area contributed by atoms with Crippen molar-refractivity contribution in [2.45, 2.75) is 53.0 Å². The highest BCUT2D eigenvalue weighted by molar-refractivity contribution is 5.33. The molecule has 0 saturated carbocycles. The summed E-state index contributed by atoms with van der Waals surface area (Å²) >= 11 is 0. The van der Waals surface area contributed by atoms with Crippen LogP contribution in [0.5, 0.6) is 5.75 Å². The van der Waals surface area contributed by atoms with Crippen molar-refractivity contribution in [3.05, 3.63) is 29.3 Å². The van der Waals surface area contributed by atoms with E-state index in [0.717, 1.165) is 31.7 Å². The van der Waals surface area contributed by atoms with Crippen molar-refractivity contribution in [3.63, 3.8) is 0 Å². The molecule has 0 unspecified atom stereocenters. The van der Waals surface area contributed by atoms with Gasteiger partial charge in [0.2, 0.25) is 0 Å². The minimum Gasteiger partial charge on any atom is -0.494 e. The average molecular weight is 249 g/mol. The Bertz CT molecular complexity index is 366. The summed E-state index contributed by atoms with van der Waals surface area (Å²) in [5, 5.41) is 3.48. The molecule has 0 aliphatic carbocycles. The highest BCUT2D eigenvalue weighted by Crippen LogP contribution is 2.16. The molecule has 2 nitrogen and oxygen atoms in total. The van der Waals surface area contributed by atoms with Gasteiger partial charge in [-0.2, -0.15) is 0 Å². The van der Waals surface area contributed by atoms with Gasteiger partial charge in [0.1, 0.15) is 5.75 Å². The molecule has 0 aliphatic heterocycles. The zero-order chi connectivity index (χ0) is 13.6. The molecule has 0 atom stereocenters. The van der Waals surface area contributed by atoms with Gasteiger partial charge in [-0.05, 0) is 77.3 Å². The number of hydrogen-bond donors (Lipinski definition) is 1. The van der Waals surface area contributed by atoms with Crippen LogP contribution in [0.1, 0.15) is 44.7 Å². The van der Waals surface area contributed by atoms with E-state index in [2.05, 4.69) is 58.1 Å². The third-order valence-corrected chi connectivity index (χ3v) is 2.97. The summed E-state index contributed by atoms with van der Waals surface area (Å²) in [5.74, 6) is 0.988. The van der Waals surface area contributed by atoms with E-state index in [0.29, 0.717) is 0 Å². The van der Waals surface area contributed by atoms with Crippen molar-refractivity contribution >= 4 is 0 Å². The first-order valence-corrected chi connectivity index (χ1v) is 6.83. The molecule has 0 heterocycles. The summed E-state index contributed by atoms with van der Waals surface area (Å²) in [6.45, 7) is 12.7. The Morgan fingerprint density at radius 1 is 1.06 bits per heavy atom. The monoisotopic (exact) mass is 249 g/mol. The Morgan fingerprint density at radius 2 is 1.78 bits per heavy atom. The van der Waals surface area contributed by atoms with Gasteiger partial charge in [-0.3, -0.25) is 0 Å². The minimum absolute atomic E-state index is 0.217. The quantitative estimate of drug-likeness (QED) is 0.773. The van der Waals surface area contributed by atoms with Crippen molar-refractivity contribution in [1.29, 1.82) is 0 Å². The van der Waals surface area contributed by atoms with E-state index in [4.69, 9.17) is 4.74 Å². The van der Waals surface area contributed by atoms with Crippen molar-refractivity contribution in [1.82, 2.24) is 5.32 Å². The van der Waals surface area contributed by atoms with Gasteiger partial charge in [0.25, 0.3) is 0 Å².